The van der Waals surface area contributed by atoms with Crippen molar-refractivity contribution >= 4 is 21.7 Å². The number of benzene rings is 2. The summed E-state index contributed by atoms with van der Waals surface area (Å²) < 4.78 is 28.0. The Labute approximate surface area is 154 Å². The Balaban J connectivity index is 2.27. The summed E-state index contributed by atoms with van der Waals surface area (Å²) in [6.45, 7) is 4.89. The van der Waals surface area contributed by atoms with Crippen LogP contribution in [-0.4, -0.2) is 26.0 Å². The molecule has 0 atom stereocenters. The number of aromatic carboxylic acids is 1. The fourth-order valence-corrected chi connectivity index (χ4v) is 3.60. The predicted octanol–water partition coefficient (Wildman–Crippen LogP) is 3.32. The van der Waals surface area contributed by atoms with Crippen molar-refractivity contribution in [3.8, 4) is 0 Å². The molecule has 26 heavy (non-hydrogen) atoms. The van der Waals surface area contributed by atoms with Gasteiger partial charge in [-0.2, -0.15) is 0 Å². The molecular formula is C19H24N2O4S. The van der Waals surface area contributed by atoms with Crippen molar-refractivity contribution in [2.45, 2.75) is 31.7 Å². The molecule has 3 N–H and O–H groups in total. The summed E-state index contributed by atoms with van der Waals surface area (Å²) in [6.07, 6.45) is 0.873. The molecule has 0 aromatic heterocycles. The van der Waals surface area contributed by atoms with Gasteiger partial charge in [0, 0.05) is 13.1 Å². The van der Waals surface area contributed by atoms with E-state index in [2.05, 4.69) is 23.9 Å². The molecule has 0 bridgehead atoms. The Morgan fingerprint density at radius 3 is 2.42 bits per heavy atom. The first-order valence-electron chi connectivity index (χ1n) is 8.44. The maximum atomic E-state index is 12.8. The molecule has 0 unspecified atom stereocenters. The minimum Gasteiger partial charge on any atom is -0.478 e. The van der Waals surface area contributed by atoms with Gasteiger partial charge in [-0.05, 0) is 36.1 Å². The van der Waals surface area contributed by atoms with Crippen LogP contribution in [0.4, 0.5) is 5.69 Å². The number of anilines is 1. The third kappa shape index (κ3) is 5.57. The lowest BCUT2D eigenvalue weighted by molar-refractivity contribution is 0.0696. The summed E-state index contributed by atoms with van der Waals surface area (Å²) >= 11 is 0. The van der Waals surface area contributed by atoms with E-state index in [1.54, 1.807) is 0 Å². The second-order valence-corrected chi connectivity index (χ2v) is 8.17. The molecule has 0 aliphatic carbocycles. The van der Waals surface area contributed by atoms with Crippen molar-refractivity contribution in [2.24, 2.45) is 5.92 Å². The molecule has 0 aliphatic rings. The zero-order valence-corrected chi connectivity index (χ0v) is 15.7. The molecule has 140 valence electrons. The smallest absolute Gasteiger partial charge is 0.335 e. The van der Waals surface area contributed by atoms with Crippen LogP contribution in [0.25, 0.3) is 0 Å². The molecule has 2 rings (SSSR count). The van der Waals surface area contributed by atoms with Crippen molar-refractivity contribution < 1.29 is 18.3 Å². The zero-order chi connectivity index (χ0) is 19.2. The number of nitrogens with one attached hydrogen (secondary N) is 2. The SMILES string of the molecule is CC(C)CCNc1ccc(C(=O)O)cc1S(=O)(=O)NCc1ccccc1. The van der Waals surface area contributed by atoms with Crippen molar-refractivity contribution in [3.05, 3.63) is 59.7 Å². The number of carboxylic acid groups (broad SMARTS) is 1. The van der Waals surface area contributed by atoms with E-state index in [9.17, 15) is 18.3 Å². The van der Waals surface area contributed by atoms with E-state index in [4.69, 9.17) is 0 Å². The summed E-state index contributed by atoms with van der Waals surface area (Å²) in [5, 5.41) is 12.3. The zero-order valence-electron chi connectivity index (χ0n) is 14.9. The lowest BCUT2D eigenvalue weighted by Gasteiger charge is -2.15. The fourth-order valence-electron chi connectivity index (χ4n) is 2.37. The van der Waals surface area contributed by atoms with Crippen LogP contribution in [0.1, 0.15) is 36.2 Å². The van der Waals surface area contributed by atoms with Gasteiger partial charge in [0.2, 0.25) is 10.0 Å². The van der Waals surface area contributed by atoms with Crippen LogP contribution >= 0.6 is 0 Å². The quantitative estimate of drug-likeness (QED) is 0.624. The maximum Gasteiger partial charge on any atom is 0.335 e. The molecule has 0 amide bonds. The molecule has 6 nitrogen and oxygen atoms in total. The van der Waals surface area contributed by atoms with Crippen LogP contribution in [0.2, 0.25) is 0 Å². The molecular weight excluding hydrogens is 352 g/mol. The van der Waals surface area contributed by atoms with Crippen molar-refractivity contribution in [1.29, 1.82) is 0 Å². The number of hydrogen-bond donors (Lipinski definition) is 3. The monoisotopic (exact) mass is 376 g/mol. The first kappa shape index (κ1) is 19.9. The third-order valence-electron chi connectivity index (χ3n) is 3.86. The Morgan fingerprint density at radius 2 is 1.81 bits per heavy atom. The largest absolute Gasteiger partial charge is 0.478 e. The van der Waals surface area contributed by atoms with E-state index in [1.165, 1.54) is 18.2 Å². The van der Waals surface area contributed by atoms with Gasteiger partial charge in [0.15, 0.2) is 0 Å². The first-order chi connectivity index (χ1) is 12.3. The van der Waals surface area contributed by atoms with E-state index >= 15 is 0 Å². The molecule has 0 saturated carbocycles. The van der Waals surface area contributed by atoms with Crippen molar-refractivity contribution in [2.75, 3.05) is 11.9 Å². The molecule has 0 radical (unpaired) electrons. The number of carboxylic acids is 1. The van der Waals surface area contributed by atoms with E-state index in [0.29, 0.717) is 18.2 Å². The number of sulfonamides is 1. The van der Waals surface area contributed by atoms with Gasteiger partial charge in [0.05, 0.1) is 11.3 Å². The lowest BCUT2D eigenvalue weighted by atomic mass is 10.1. The number of carbonyl (C=O) groups is 1. The van der Waals surface area contributed by atoms with Crippen LogP contribution in [-0.2, 0) is 16.6 Å². The standard InChI is InChI=1S/C19H24N2O4S/c1-14(2)10-11-20-17-9-8-16(19(22)23)12-18(17)26(24,25)21-13-15-6-4-3-5-7-15/h3-9,12,14,20-21H,10-11,13H2,1-2H3,(H,22,23). The van der Waals surface area contributed by atoms with Gasteiger partial charge in [-0.1, -0.05) is 44.2 Å². The summed E-state index contributed by atoms with van der Waals surface area (Å²) in [4.78, 5) is 11.2. The number of rotatable bonds is 9. The van der Waals surface area contributed by atoms with Crippen molar-refractivity contribution in [3.63, 3.8) is 0 Å². The lowest BCUT2D eigenvalue weighted by Crippen LogP contribution is -2.25. The topological polar surface area (TPSA) is 95.5 Å². The highest BCUT2D eigenvalue weighted by Crippen LogP contribution is 2.23. The van der Waals surface area contributed by atoms with Crippen LogP contribution in [0.3, 0.4) is 0 Å². The predicted molar refractivity (Wildman–Crippen MR) is 102 cm³/mol. The van der Waals surface area contributed by atoms with Gasteiger partial charge in [-0.15, -0.1) is 0 Å². The molecule has 2 aromatic rings. The minimum atomic E-state index is -3.87. The Morgan fingerprint density at radius 1 is 1.12 bits per heavy atom. The van der Waals surface area contributed by atoms with Crippen LogP contribution < -0.4 is 10.0 Å². The Hall–Kier alpha value is -2.38. The number of hydrogen-bond acceptors (Lipinski definition) is 4. The van der Waals surface area contributed by atoms with E-state index in [1.807, 2.05) is 30.3 Å². The molecule has 2 aromatic carbocycles. The van der Waals surface area contributed by atoms with E-state index in [0.717, 1.165) is 12.0 Å². The first-order valence-corrected chi connectivity index (χ1v) is 9.92. The summed E-state index contributed by atoms with van der Waals surface area (Å²) in [5.41, 5.74) is 1.15. The second-order valence-electron chi connectivity index (χ2n) is 6.44. The van der Waals surface area contributed by atoms with Gasteiger partial charge >= 0.3 is 5.97 Å². The molecule has 0 saturated heterocycles. The van der Waals surface area contributed by atoms with Gasteiger partial charge in [-0.25, -0.2) is 17.9 Å². The van der Waals surface area contributed by atoms with Crippen LogP contribution in [0.5, 0.6) is 0 Å². The highest BCUT2D eigenvalue weighted by Gasteiger charge is 2.20. The van der Waals surface area contributed by atoms with Gasteiger partial charge in [0.1, 0.15) is 4.90 Å². The van der Waals surface area contributed by atoms with Gasteiger partial charge in [0.25, 0.3) is 0 Å². The average molecular weight is 376 g/mol. The summed E-state index contributed by atoms with van der Waals surface area (Å²) in [7, 11) is -3.87. The molecule has 0 heterocycles. The molecule has 0 aliphatic heterocycles. The van der Waals surface area contributed by atoms with Crippen LogP contribution in [0, 0.1) is 5.92 Å². The Kier molecular flexibility index (Phi) is 6.76. The van der Waals surface area contributed by atoms with E-state index < -0.39 is 16.0 Å². The van der Waals surface area contributed by atoms with Gasteiger partial charge < -0.3 is 10.4 Å². The third-order valence-corrected chi connectivity index (χ3v) is 5.31. The molecule has 0 fully saturated rings. The van der Waals surface area contributed by atoms with Gasteiger partial charge in [-0.3, -0.25) is 0 Å². The summed E-state index contributed by atoms with van der Waals surface area (Å²) in [5.74, 6) is -0.699. The highest BCUT2D eigenvalue weighted by atomic mass is 32.2. The minimum absolute atomic E-state index is 0.0583. The highest BCUT2D eigenvalue weighted by molar-refractivity contribution is 7.89. The maximum absolute atomic E-state index is 12.8. The summed E-state index contributed by atoms with van der Waals surface area (Å²) in [6, 6.07) is 13.2. The van der Waals surface area contributed by atoms with E-state index in [-0.39, 0.29) is 17.0 Å². The normalized spacial score (nSPS) is 11.5. The molecule has 0 spiro atoms. The molecule has 7 heteroatoms. The van der Waals surface area contributed by atoms with Crippen molar-refractivity contribution in [1.82, 2.24) is 4.72 Å². The average Bonchev–Trinajstić information content (AvgIpc) is 2.60. The fraction of sp³-hybridized carbons (Fsp3) is 0.316. The van der Waals surface area contributed by atoms with Crippen LogP contribution in [0.15, 0.2) is 53.4 Å². The second kappa shape index (κ2) is 8.82. The Bertz CT molecular complexity index is 849.